The molecule has 0 saturated carbocycles. The summed E-state index contributed by atoms with van der Waals surface area (Å²) in [5.74, 6) is -3.11. The van der Waals surface area contributed by atoms with Gasteiger partial charge in [0.2, 0.25) is 0 Å². The van der Waals surface area contributed by atoms with Crippen LogP contribution in [0.15, 0.2) is 12.1 Å². The zero-order valence-corrected chi connectivity index (χ0v) is 9.11. The molecule has 0 radical (unpaired) electrons. The number of rotatable bonds is 4. The Balaban J connectivity index is 3.18. The second-order valence-electron chi connectivity index (χ2n) is 3.68. The molecule has 0 saturated heterocycles. The number of hydrogen-bond acceptors (Lipinski definition) is 3. The third-order valence-electron chi connectivity index (χ3n) is 2.42. The van der Waals surface area contributed by atoms with E-state index >= 15 is 0 Å². The van der Waals surface area contributed by atoms with E-state index in [1.54, 1.807) is 0 Å². The van der Waals surface area contributed by atoms with E-state index in [0.29, 0.717) is 0 Å². The predicted molar refractivity (Wildman–Crippen MR) is 57.3 cm³/mol. The molecule has 0 aromatic heterocycles. The van der Waals surface area contributed by atoms with Crippen LogP contribution < -0.4 is 5.73 Å². The molecule has 0 amide bonds. The lowest BCUT2D eigenvalue weighted by atomic mass is 9.98. The maximum atomic E-state index is 13.4. The monoisotopic (exact) mass is 241 g/mol. The maximum Gasteiger partial charge on any atom is 0.336 e. The molecule has 0 aliphatic heterocycles. The van der Waals surface area contributed by atoms with E-state index < -0.39 is 23.8 Å². The zero-order chi connectivity index (χ0) is 13.2. The van der Waals surface area contributed by atoms with Gasteiger partial charge in [-0.25, -0.2) is 9.18 Å². The molecule has 92 valence electrons. The largest absolute Gasteiger partial charge is 0.481 e. The number of aliphatic carboxylic acids is 1. The molecule has 1 aromatic rings. The van der Waals surface area contributed by atoms with Crippen LogP contribution in [0.2, 0.25) is 0 Å². The molecule has 17 heavy (non-hydrogen) atoms. The van der Waals surface area contributed by atoms with Crippen LogP contribution in [0, 0.1) is 12.7 Å². The summed E-state index contributed by atoms with van der Waals surface area (Å²) >= 11 is 0. The Hall–Kier alpha value is -1.95. The summed E-state index contributed by atoms with van der Waals surface area (Å²) < 4.78 is 13.4. The van der Waals surface area contributed by atoms with Crippen molar-refractivity contribution < 1.29 is 24.2 Å². The van der Waals surface area contributed by atoms with Crippen LogP contribution in [0.1, 0.15) is 33.9 Å². The Morgan fingerprint density at radius 2 is 2.00 bits per heavy atom. The first-order valence-electron chi connectivity index (χ1n) is 4.83. The maximum absolute atomic E-state index is 13.4. The molecule has 1 aromatic carbocycles. The fourth-order valence-corrected chi connectivity index (χ4v) is 1.44. The highest BCUT2D eigenvalue weighted by Gasteiger charge is 2.17. The van der Waals surface area contributed by atoms with Gasteiger partial charge in [0.1, 0.15) is 5.82 Å². The predicted octanol–water partition coefficient (Wildman–Crippen LogP) is 1.31. The smallest absolute Gasteiger partial charge is 0.336 e. The first kappa shape index (κ1) is 13.1. The van der Waals surface area contributed by atoms with Gasteiger partial charge in [-0.3, -0.25) is 4.79 Å². The molecule has 0 spiro atoms. The van der Waals surface area contributed by atoms with Crippen molar-refractivity contribution in [3.8, 4) is 0 Å². The number of aromatic carboxylic acids is 1. The fourth-order valence-electron chi connectivity index (χ4n) is 1.44. The highest BCUT2D eigenvalue weighted by molar-refractivity contribution is 5.89. The van der Waals surface area contributed by atoms with Gasteiger partial charge in [0.25, 0.3) is 0 Å². The number of nitrogens with two attached hydrogens (primary N) is 1. The van der Waals surface area contributed by atoms with Gasteiger partial charge < -0.3 is 15.9 Å². The van der Waals surface area contributed by atoms with Gasteiger partial charge in [0.05, 0.1) is 12.0 Å². The molecule has 1 rings (SSSR count). The zero-order valence-electron chi connectivity index (χ0n) is 9.11. The highest BCUT2D eigenvalue weighted by Crippen LogP contribution is 2.21. The molecular weight excluding hydrogens is 229 g/mol. The van der Waals surface area contributed by atoms with Gasteiger partial charge in [-0.2, -0.15) is 0 Å². The van der Waals surface area contributed by atoms with Crippen LogP contribution in [0.4, 0.5) is 4.39 Å². The lowest BCUT2D eigenvalue weighted by Gasteiger charge is -2.12. The SMILES string of the molecule is Cc1c(F)cc(C(N)CC(=O)O)cc1C(=O)O. The Morgan fingerprint density at radius 3 is 2.47 bits per heavy atom. The van der Waals surface area contributed by atoms with Crippen molar-refractivity contribution in [2.45, 2.75) is 19.4 Å². The average molecular weight is 241 g/mol. The minimum absolute atomic E-state index is 0.00350. The van der Waals surface area contributed by atoms with Gasteiger partial charge in [-0.15, -0.1) is 0 Å². The molecule has 5 nitrogen and oxygen atoms in total. The molecule has 1 atom stereocenters. The summed E-state index contributed by atoms with van der Waals surface area (Å²) in [5, 5.41) is 17.4. The highest BCUT2D eigenvalue weighted by atomic mass is 19.1. The van der Waals surface area contributed by atoms with Crippen molar-refractivity contribution in [2.75, 3.05) is 0 Å². The van der Waals surface area contributed by atoms with E-state index in [2.05, 4.69) is 0 Å². The molecule has 1 unspecified atom stereocenters. The molecule has 4 N–H and O–H groups in total. The molecule has 0 aliphatic rings. The number of carbonyl (C=O) groups is 2. The minimum Gasteiger partial charge on any atom is -0.481 e. The second kappa shape index (κ2) is 4.92. The molecule has 0 bridgehead atoms. The van der Waals surface area contributed by atoms with E-state index in [1.807, 2.05) is 0 Å². The van der Waals surface area contributed by atoms with Crippen molar-refractivity contribution >= 4 is 11.9 Å². The van der Waals surface area contributed by atoms with Gasteiger partial charge >= 0.3 is 11.9 Å². The Kier molecular flexibility index (Phi) is 3.80. The van der Waals surface area contributed by atoms with Crippen LogP contribution in [0.25, 0.3) is 0 Å². The first-order chi connectivity index (χ1) is 7.82. The number of carboxylic acids is 2. The lowest BCUT2D eigenvalue weighted by Crippen LogP contribution is -2.16. The van der Waals surface area contributed by atoms with Gasteiger partial charge in [-0.05, 0) is 30.2 Å². The topological polar surface area (TPSA) is 101 Å². The van der Waals surface area contributed by atoms with Gasteiger partial charge in [-0.1, -0.05) is 0 Å². The summed E-state index contributed by atoms with van der Waals surface area (Å²) in [5.41, 5.74) is 5.50. The van der Waals surface area contributed by atoms with Crippen LogP contribution >= 0.6 is 0 Å². The van der Waals surface area contributed by atoms with Crippen LogP contribution in [0.3, 0.4) is 0 Å². The number of hydrogen-bond donors (Lipinski definition) is 3. The molecule has 0 aliphatic carbocycles. The molecule has 0 heterocycles. The summed E-state index contributed by atoms with van der Waals surface area (Å²) in [6.45, 7) is 1.34. The number of carboxylic acid groups (broad SMARTS) is 2. The summed E-state index contributed by atoms with van der Waals surface area (Å²) in [6, 6.07) is 1.34. The fraction of sp³-hybridized carbons (Fsp3) is 0.273. The third-order valence-corrected chi connectivity index (χ3v) is 2.42. The normalized spacial score (nSPS) is 12.2. The van der Waals surface area contributed by atoms with Crippen molar-refractivity contribution in [1.82, 2.24) is 0 Å². The third kappa shape index (κ3) is 3.01. The Labute approximate surface area is 96.7 Å². The van der Waals surface area contributed by atoms with Crippen molar-refractivity contribution in [3.63, 3.8) is 0 Å². The van der Waals surface area contributed by atoms with Crippen molar-refractivity contribution in [2.24, 2.45) is 5.73 Å². The standard InChI is InChI=1S/C11H12FNO4/c1-5-7(11(16)17)2-6(3-8(5)12)9(13)4-10(14)15/h2-3,9H,4,13H2,1H3,(H,14,15)(H,16,17). The summed E-state index contributed by atoms with van der Waals surface area (Å²) in [7, 11) is 0. The Morgan fingerprint density at radius 1 is 1.41 bits per heavy atom. The van der Waals surface area contributed by atoms with E-state index in [-0.39, 0.29) is 23.1 Å². The lowest BCUT2D eigenvalue weighted by molar-refractivity contribution is -0.137. The van der Waals surface area contributed by atoms with E-state index in [4.69, 9.17) is 15.9 Å². The number of benzene rings is 1. The minimum atomic E-state index is -1.27. The number of halogens is 1. The second-order valence-corrected chi connectivity index (χ2v) is 3.68. The molecule has 6 heteroatoms. The van der Waals surface area contributed by atoms with Crippen LogP contribution in [-0.4, -0.2) is 22.2 Å². The molecular formula is C11H12FNO4. The van der Waals surface area contributed by atoms with Crippen LogP contribution in [-0.2, 0) is 4.79 Å². The average Bonchev–Trinajstić information content (AvgIpc) is 2.20. The van der Waals surface area contributed by atoms with E-state index in [1.165, 1.54) is 13.0 Å². The van der Waals surface area contributed by atoms with Crippen molar-refractivity contribution in [3.05, 3.63) is 34.6 Å². The quantitative estimate of drug-likeness (QED) is 0.737. The van der Waals surface area contributed by atoms with Crippen LogP contribution in [0.5, 0.6) is 0 Å². The first-order valence-corrected chi connectivity index (χ1v) is 4.83. The summed E-state index contributed by atoms with van der Waals surface area (Å²) in [6.07, 6.45) is -0.387. The van der Waals surface area contributed by atoms with Gasteiger partial charge in [0.15, 0.2) is 0 Å². The molecule has 0 fully saturated rings. The van der Waals surface area contributed by atoms with E-state index in [9.17, 15) is 14.0 Å². The van der Waals surface area contributed by atoms with E-state index in [0.717, 1.165) is 6.07 Å². The Bertz CT molecular complexity index is 473. The summed E-state index contributed by atoms with van der Waals surface area (Å²) in [4.78, 5) is 21.3. The van der Waals surface area contributed by atoms with Crippen molar-refractivity contribution in [1.29, 1.82) is 0 Å². The van der Waals surface area contributed by atoms with Gasteiger partial charge in [0, 0.05) is 6.04 Å².